The molecule has 0 saturated carbocycles. The summed E-state index contributed by atoms with van der Waals surface area (Å²) in [5, 5.41) is 0.710. The number of nitrogens with zero attached hydrogens (tertiary/aromatic N) is 3. The van der Waals surface area contributed by atoms with E-state index in [4.69, 9.17) is 10.5 Å². The molecule has 1 aromatic carbocycles. The van der Waals surface area contributed by atoms with E-state index in [9.17, 15) is 4.79 Å². The number of nitrogen functional groups attached to an aromatic ring is 1. The second kappa shape index (κ2) is 6.85. The van der Waals surface area contributed by atoms with Crippen molar-refractivity contribution in [3.05, 3.63) is 64.5 Å². The summed E-state index contributed by atoms with van der Waals surface area (Å²) in [4.78, 5) is 22.7. The zero-order chi connectivity index (χ0) is 19.0. The van der Waals surface area contributed by atoms with Crippen molar-refractivity contribution in [3.63, 3.8) is 0 Å². The Bertz CT molecular complexity index is 1220. The lowest BCUT2D eigenvalue weighted by atomic mass is 10.1. The number of rotatable bonds is 4. The van der Waals surface area contributed by atoms with Gasteiger partial charge in [-0.25, -0.2) is 9.97 Å². The molecule has 2 N–H and O–H groups in total. The van der Waals surface area contributed by atoms with Crippen LogP contribution in [0.4, 0.5) is 5.69 Å². The molecule has 27 heavy (non-hydrogen) atoms. The molecule has 0 aliphatic rings. The van der Waals surface area contributed by atoms with Crippen LogP contribution in [-0.2, 0) is 4.74 Å². The largest absolute Gasteiger partial charge is 0.501 e. The maximum Gasteiger partial charge on any atom is 0.275 e. The summed E-state index contributed by atoms with van der Waals surface area (Å²) in [5.41, 5.74) is 9.98. The number of nitrogens with two attached hydrogens (primary N) is 1. The Morgan fingerprint density at radius 3 is 2.78 bits per heavy atom. The van der Waals surface area contributed by atoms with E-state index in [0.717, 1.165) is 16.8 Å². The average molecular weight is 378 g/mol. The molecule has 0 amide bonds. The van der Waals surface area contributed by atoms with E-state index < -0.39 is 0 Å². The van der Waals surface area contributed by atoms with E-state index in [0.29, 0.717) is 32.7 Å². The van der Waals surface area contributed by atoms with Gasteiger partial charge in [0.1, 0.15) is 21.4 Å². The molecule has 4 aromatic rings. The molecule has 0 radical (unpaired) electrons. The number of hydrogen-bond acceptors (Lipinski definition) is 6. The SMILES string of the molecule is CCO/C=C/c1cnc2sc3c(=O)n(-c4ccc(C)cc4)cnc3c2c1N. The Morgan fingerprint density at radius 1 is 1.26 bits per heavy atom. The van der Waals surface area contributed by atoms with Crippen molar-refractivity contribution >= 4 is 43.5 Å². The van der Waals surface area contributed by atoms with Gasteiger partial charge in [-0.05, 0) is 32.1 Å². The Balaban J connectivity index is 1.92. The van der Waals surface area contributed by atoms with Gasteiger partial charge in [-0.15, -0.1) is 11.3 Å². The van der Waals surface area contributed by atoms with Crippen molar-refractivity contribution in [2.24, 2.45) is 0 Å². The number of thiophene rings is 1. The Morgan fingerprint density at radius 2 is 2.04 bits per heavy atom. The molecule has 3 aromatic heterocycles. The Hall–Kier alpha value is -3.19. The first kappa shape index (κ1) is 17.2. The van der Waals surface area contributed by atoms with Crippen LogP contribution in [0.1, 0.15) is 18.1 Å². The van der Waals surface area contributed by atoms with Crippen LogP contribution in [0, 0.1) is 6.92 Å². The molecule has 0 unspecified atom stereocenters. The second-order valence-corrected chi connectivity index (χ2v) is 7.10. The fraction of sp³-hybridized carbons (Fsp3) is 0.150. The lowest BCUT2D eigenvalue weighted by molar-refractivity contribution is 0.272. The van der Waals surface area contributed by atoms with Gasteiger partial charge in [0.15, 0.2) is 0 Å². The van der Waals surface area contributed by atoms with Crippen molar-refractivity contribution in [1.29, 1.82) is 0 Å². The van der Waals surface area contributed by atoms with E-state index in [2.05, 4.69) is 9.97 Å². The van der Waals surface area contributed by atoms with Crippen LogP contribution in [0.15, 0.2) is 47.8 Å². The van der Waals surface area contributed by atoms with E-state index >= 15 is 0 Å². The highest BCUT2D eigenvalue weighted by molar-refractivity contribution is 7.25. The number of hydrogen-bond donors (Lipinski definition) is 1. The number of pyridine rings is 1. The van der Waals surface area contributed by atoms with Gasteiger partial charge in [-0.2, -0.15) is 0 Å². The molecule has 0 saturated heterocycles. The number of anilines is 1. The summed E-state index contributed by atoms with van der Waals surface area (Å²) < 4.78 is 7.32. The van der Waals surface area contributed by atoms with Gasteiger partial charge in [-0.1, -0.05) is 17.7 Å². The Kier molecular flexibility index (Phi) is 4.37. The zero-order valence-electron chi connectivity index (χ0n) is 15.0. The summed E-state index contributed by atoms with van der Waals surface area (Å²) in [7, 11) is 0. The second-order valence-electron chi connectivity index (χ2n) is 6.10. The third-order valence-corrected chi connectivity index (χ3v) is 5.38. The van der Waals surface area contributed by atoms with Gasteiger partial charge >= 0.3 is 0 Å². The summed E-state index contributed by atoms with van der Waals surface area (Å²) >= 11 is 1.31. The lowest BCUT2D eigenvalue weighted by Gasteiger charge is -2.06. The van der Waals surface area contributed by atoms with Gasteiger partial charge in [0.25, 0.3) is 5.56 Å². The van der Waals surface area contributed by atoms with E-state index in [1.807, 2.05) is 38.1 Å². The summed E-state index contributed by atoms with van der Waals surface area (Å²) in [6.07, 6.45) is 6.58. The highest BCUT2D eigenvalue weighted by Gasteiger charge is 2.16. The van der Waals surface area contributed by atoms with Crippen LogP contribution < -0.4 is 11.3 Å². The van der Waals surface area contributed by atoms with Crippen molar-refractivity contribution in [2.75, 3.05) is 12.3 Å². The highest BCUT2D eigenvalue weighted by Crippen LogP contribution is 2.35. The predicted molar refractivity (Wildman–Crippen MR) is 110 cm³/mol. The van der Waals surface area contributed by atoms with Gasteiger partial charge in [0.2, 0.25) is 0 Å². The molecule has 0 bridgehead atoms. The van der Waals surface area contributed by atoms with Crippen molar-refractivity contribution in [2.45, 2.75) is 13.8 Å². The first-order chi connectivity index (χ1) is 13.1. The van der Waals surface area contributed by atoms with E-state index in [-0.39, 0.29) is 5.56 Å². The quantitative estimate of drug-likeness (QED) is 0.545. The van der Waals surface area contributed by atoms with Crippen LogP contribution >= 0.6 is 11.3 Å². The standard InChI is InChI=1S/C20H18N4O2S/c1-3-26-9-8-13-10-22-19-15(16(13)21)17-18(27-19)20(25)24(11-23-17)14-6-4-12(2)5-7-14/h4-11H,3H2,1-2H3,(H2,21,22)/b9-8+. The molecule has 136 valence electrons. The molecule has 0 spiro atoms. The Labute approximate surface area is 159 Å². The fourth-order valence-corrected chi connectivity index (χ4v) is 3.92. The van der Waals surface area contributed by atoms with Gasteiger partial charge in [0, 0.05) is 11.8 Å². The van der Waals surface area contributed by atoms with Gasteiger partial charge in [0.05, 0.1) is 29.6 Å². The monoisotopic (exact) mass is 378 g/mol. The van der Waals surface area contributed by atoms with Gasteiger partial charge < -0.3 is 10.5 Å². The van der Waals surface area contributed by atoms with Crippen molar-refractivity contribution in [1.82, 2.24) is 14.5 Å². The van der Waals surface area contributed by atoms with Crippen LogP contribution in [0.3, 0.4) is 0 Å². The molecule has 3 heterocycles. The molecule has 0 aliphatic heterocycles. The molecule has 0 fully saturated rings. The normalized spacial score (nSPS) is 11.6. The topological polar surface area (TPSA) is 83.0 Å². The zero-order valence-corrected chi connectivity index (χ0v) is 15.8. The summed E-state index contributed by atoms with van der Waals surface area (Å²) in [6.45, 7) is 4.49. The third kappa shape index (κ3) is 2.96. The lowest BCUT2D eigenvalue weighted by Crippen LogP contribution is -2.17. The molecular weight excluding hydrogens is 360 g/mol. The smallest absolute Gasteiger partial charge is 0.275 e. The number of benzene rings is 1. The minimum absolute atomic E-state index is 0.127. The minimum atomic E-state index is -0.127. The number of aromatic nitrogens is 3. The van der Waals surface area contributed by atoms with Crippen LogP contribution in [0.25, 0.3) is 32.2 Å². The van der Waals surface area contributed by atoms with Crippen LogP contribution in [0.2, 0.25) is 0 Å². The third-order valence-electron chi connectivity index (χ3n) is 4.30. The van der Waals surface area contributed by atoms with Crippen LogP contribution in [-0.4, -0.2) is 21.1 Å². The van der Waals surface area contributed by atoms with E-state index in [1.54, 1.807) is 29.4 Å². The minimum Gasteiger partial charge on any atom is -0.501 e. The average Bonchev–Trinajstić information content (AvgIpc) is 3.05. The van der Waals surface area contributed by atoms with Crippen molar-refractivity contribution in [3.8, 4) is 5.69 Å². The fourth-order valence-electron chi connectivity index (χ4n) is 2.87. The maximum absolute atomic E-state index is 13.0. The van der Waals surface area contributed by atoms with Gasteiger partial charge in [-0.3, -0.25) is 9.36 Å². The van der Waals surface area contributed by atoms with Crippen molar-refractivity contribution < 1.29 is 4.74 Å². The maximum atomic E-state index is 13.0. The summed E-state index contributed by atoms with van der Waals surface area (Å²) in [5.74, 6) is 0. The molecule has 0 atom stereocenters. The molecular formula is C20H18N4O2S. The molecule has 6 nitrogen and oxygen atoms in total. The first-order valence-corrected chi connectivity index (χ1v) is 9.35. The first-order valence-electron chi connectivity index (χ1n) is 8.53. The van der Waals surface area contributed by atoms with Crippen LogP contribution in [0.5, 0.6) is 0 Å². The van der Waals surface area contributed by atoms with E-state index in [1.165, 1.54) is 11.3 Å². The predicted octanol–water partition coefficient (Wildman–Crippen LogP) is 3.89. The molecule has 4 rings (SSSR count). The molecule has 0 aliphatic carbocycles. The molecule has 7 heteroatoms. The number of aryl methyl sites for hydroxylation is 1. The summed E-state index contributed by atoms with van der Waals surface area (Å²) in [6, 6.07) is 7.74. The highest BCUT2D eigenvalue weighted by atomic mass is 32.1. The number of ether oxygens (including phenoxy) is 1. The number of fused-ring (bicyclic) bond motifs is 3.